The Morgan fingerprint density at radius 3 is 2.66 bits per heavy atom. The van der Waals surface area contributed by atoms with Gasteiger partial charge in [-0.3, -0.25) is 4.79 Å². The SMILES string of the molecule is Cc1cccc(-n2ncc3c2CCC[C@@H]3NC(=O)c2ccc(N3CCOCC3)cc2)c1C. The third-order valence-corrected chi connectivity index (χ3v) is 6.80. The molecule has 1 amide bonds. The molecule has 1 atom stereocenters. The van der Waals surface area contributed by atoms with E-state index in [4.69, 9.17) is 9.84 Å². The van der Waals surface area contributed by atoms with Crippen LogP contribution in [0.25, 0.3) is 5.69 Å². The van der Waals surface area contributed by atoms with Crippen molar-refractivity contribution >= 4 is 11.6 Å². The van der Waals surface area contributed by atoms with Crippen molar-refractivity contribution in [3.63, 3.8) is 0 Å². The number of morpholine rings is 1. The van der Waals surface area contributed by atoms with Crippen LogP contribution in [0.3, 0.4) is 0 Å². The minimum absolute atomic E-state index is 0.0102. The molecule has 1 fully saturated rings. The summed E-state index contributed by atoms with van der Waals surface area (Å²) in [5.74, 6) is -0.0316. The van der Waals surface area contributed by atoms with E-state index in [9.17, 15) is 4.79 Å². The average molecular weight is 431 g/mol. The molecule has 1 N–H and O–H groups in total. The summed E-state index contributed by atoms with van der Waals surface area (Å²) in [6.07, 6.45) is 4.87. The van der Waals surface area contributed by atoms with Crippen molar-refractivity contribution in [3.05, 3.63) is 76.6 Å². The van der Waals surface area contributed by atoms with Gasteiger partial charge in [0.1, 0.15) is 0 Å². The number of benzene rings is 2. The lowest BCUT2D eigenvalue weighted by atomic mass is 9.92. The van der Waals surface area contributed by atoms with Crippen LogP contribution in [-0.2, 0) is 11.2 Å². The van der Waals surface area contributed by atoms with Crippen LogP contribution in [0.4, 0.5) is 5.69 Å². The van der Waals surface area contributed by atoms with E-state index in [0.29, 0.717) is 5.56 Å². The van der Waals surface area contributed by atoms with E-state index in [2.05, 4.69) is 46.9 Å². The van der Waals surface area contributed by atoms with E-state index < -0.39 is 0 Å². The lowest BCUT2D eigenvalue weighted by Crippen LogP contribution is -2.36. The first kappa shape index (κ1) is 20.8. The number of hydrogen-bond acceptors (Lipinski definition) is 4. The number of rotatable bonds is 4. The fourth-order valence-electron chi connectivity index (χ4n) is 4.77. The zero-order valence-electron chi connectivity index (χ0n) is 18.8. The monoisotopic (exact) mass is 430 g/mol. The molecule has 0 radical (unpaired) electrons. The Hall–Kier alpha value is -3.12. The van der Waals surface area contributed by atoms with E-state index in [1.165, 1.54) is 16.8 Å². The average Bonchev–Trinajstić information content (AvgIpc) is 3.26. The summed E-state index contributed by atoms with van der Waals surface area (Å²) in [5, 5.41) is 7.97. The van der Waals surface area contributed by atoms with Gasteiger partial charge in [-0.25, -0.2) is 4.68 Å². The first-order valence-corrected chi connectivity index (χ1v) is 11.5. The van der Waals surface area contributed by atoms with Crippen molar-refractivity contribution in [2.24, 2.45) is 0 Å². The molecule has 0 saturated carbocycles. The van der Waals surface area contributed by atoms with E-state index >= 15 is 0 Å². The molecule has 0 unspecified atom stereocenters. The second-order valence-corrected chi connectivity index (χ2v) is 8.74. The molecule has 166 valence electrons. The van der Waals surface area contributed by atoms with Crippen LogP contribution in [0.5, 0.6) is 0 Å². The topological polar surface area (TPSA) is 59.4 Å². The minimum Gasteiger partial charge on any atom is -0.378 e. The molecular formula is C26H30N4O2. The quantitative estimate of drug-likeness (QED) is 0.676. The van der Waals surface area contributed by atoms with Gasteiger partial charge >= 0.3 is 0 Å². The standard InChI is InChI=1S/C26H30N4O2/c1-18-5-3-7-24(19(18)2)30-25-8-4-6-23(22(25)17-27-30)28-26(31)20-9-11-21(12-10-20)29-13-15-32-16-14-29/h3,5,7,9-12,17,23H,4,6,8,13-16H2,1-2H3,(H,28,31)/t23-/m0/s1. The summed E-state index contributed by atoms with van der Waals surface area (Å²) in [5.41, 5.74) is 7.79. The van der Waals surface area contributed by atoms with Crippen molar-refractivity contribution < 1.29 is 9.53 Å². The Labute approximate surface area is 189 Å². The minimum atomic E-state index is -0.0316. The van der Waals surface area contributed by atoms with Gasteiger partial charge in [0.05, 0.1) is 31.1 Å². The molecule has 6 nitrogen and oxygen atoms in total. The van der Waals surface area contributed by atoms with Crippen molar-refractivity contribution in [1.29, 1.82) is 0 Å². The summed E-state index contributed by atoms with van der Waals surface area (Å²) >= 11 is 0. The molecule has 6 heteroatoms. The van der Waals surface area contributed by atoms with Gasteiger partial charge in [0.15, 0.2) is 0 Å². The number of amides is 1. The number of anilines is 1. The van der Waals surface area contributed by atoms with E-state index in [-0.39, 0.29) is 11.9 Å². The second-order valence-electron chi connectivity index (χ2n) is 8.74. The molecule has 1 aliphatic carbocycles. The number of carbonyl (C=O) groups is 1. The highest BCUT2D eigenvalue weighted by Gasteiger charge is 2.27. The summed E-state index contributed by atoms with van der Waals surface area (Å²) in [6.45, 7) is 7.55. The molecule has 2 aliphatic rings. The lowest BCUT2D eigenvalue weighted by molar-refractivity contribution is 0.0932. The zero-order valence-corrected chi connectivity index (χ0v) is 18.8. The van der Waals surface area contributed by atoms with Gasteiger partial charge in [-0.1, -0.05) is 12.1 Å². The largest absolute Gasteiger partial charge is 0.378 e. The fraction of sp³-hybridized carbons (Fsp3) is 0.385. The number of aromatic nitrogens is 2. The van der Waals surface area contributed by atoms with Crippen LogP contribution in [0, 0.1) is 13.8 Å². The second kappa shape index (κ2) is 8.79. The number of nitrogens with one attached hydrogen (secondary N) is 1. The highest BCUT2D eigenvalue weighted by atomic mass is 16.5. The zero-order chi connectivity index (χ0) is 22.1. The van der Waals surface area contributed by atoms with Crippen LogP contribution < -0.4 is 10.2 Å². The predicted molar refractivity (Wildman–Crippen MR) is 126 cm³/mol. The molecule has 32 heavy (non-hydrogen) atoms. The number of fused-ring (bicyclic) bond motifs is 1. The van der Waals surface area contributed by atoms with Gasteiger partial charge in [-0.15, -0.1) is 0 Å². The molecule has 1 aromatic heterocycles. The Morgan fingerprint density at radius 1 is 1.09 bits per heavy atom. The van der Waals surface area contributed by atoms with Crippen LogP contribution in [0.15, 0.2) is 48.7 Å². The van der Waals surface area contributed by atoms with E-state index in [0.717, 1.165) is 62.5 Å². The first-order valence-electron chi connectivity index (χ1n) is 11.5. The summed E-state index contributed by atoms with van der Waals surface area (Å²) in [6, 6.07) is 14.2. The van der Waals surface area contributed by atoms with Crippen molar-refractivity contribution in [2.45, 2.75) is 39.2 Å². The van der Waals surface area contributed by atoms with Crippen LogP contribution in [0.2, 0.25) is 0 Å². The fourth-order valence-corrected chi connectivity index (χ4v) is 4.77. The molecule has 3 aromatic rings. The van der Waals surface area contributed by atoms with E-state index in [1.807, 2.05) is 30.5 Å². The molecule has 0 spiro atoms. The molecule has 0 bridgehead atoms. The maximum absolute atomic E-state index is 13.0. The maximum Gasteiger partial charge on any atom is 0.251 e. The molecule has 5 rings (SSSR count). The smallest absolute Gasteiger partial charge is 0.251 e. The number of carbonyl (C=O) groups excluding carboxylic acids is 1. The van der Waals surface area contributed by atoms with Crippen molar-refractivity contribution in [3.8, 4) is 5.69 Å². The molecule has 2 heterocycles. The highest BCUT2D eigenvalue weighted by Crippen LogP contribution is 2.32. The van der Waals surface area contributed by atoms with E-state index in [1.54, 1.807) is 0 Å². The van der Waals surface area contributed by atoms with Gasteiger partial charge in [0.2, 0.25) is 0 Å². The maximum atomic E-state index is 13.0. The number of nitrogens with zero attached hydrogens (tertiary/aromatic N) is 3. The molecular weight excluding hydrogens is 400 g/mol. The first-order chi connectivity index (χ1) is 15.6. The van der Waals surface area contributed by atoms with Gasteiger partial charge < -0.3 is 15.0 Å². The lowest BCUT2D eigenvalue weighted by Gasteiger charge is -2.29. The van der Waals surface area contributed by atoms with Crippen LogP contribution in [0.1, 0.15) is 51.6 Å². The van der Waals surface area contributed by atoms with Gasteiger partial charge in [0, 0.05) is 35.6 Å². The van der Waals surface area contributed by atoms with Crippen LogP contribution >= 0.6 is 0 Å². The Kier molecular flexibility index (Phi) is 5.70. The highest BCUT2D eigenvalue weighted by molar-refractivity contribution is 5.94. The molecule has 1 aliphatic heterocycles. The third kappa shape index (κ3) is 3.91. The van der Waals surface area contributed by atoms with Crippen molar-refractivity contribution in [2.75, 3.05) is 31.2 Å². The van der Waals surface area contributed by atoms with Gasteiger partial charge in [0.25, 0.3) is 5.91 Å². The number of aryl methyl sites for hydroxylation is 1. The summed E-state index contributed by atoms with van der Waals surface area (Å²) < 4.78 is 7.49. The van der Waals surface area contributed by atoms with Crippen molar-refractivity contribution in [1.82, 2.24) is 15.1 Å². The van der Waals surface area contributed by atoms with Gasteiger partial charge in [-0.05, 0) is 74.6 Å². The van der Waals surface area contributed by atoms with Crippen LogP contribution in [-0.4, -0.2) is 42.0 Å². The normalized spacial score (nSPS) is 18.3. The Balaban J connectivity index is 1.33. The predicted octanol–water partition coefficient (Wildman–Crippen LogP) is 4.13. The third-order valence-electron chi connectivity index (χ3n) is 6.80. The Morgan fingerprint density at radius 2 is 1.88 bits per heavy atom. The van der Waals surface area contributed by atoms with Gasteiger partial charge in [-0.2, -0.15) is 5.10 Å². The number of hydrogen-bond donors (Lipinski definition) is 1. The number of ether oxygens (including phenoxy) is 1. The molecule has 1 saturated heterocycles. The molecule has 2 aromatic carbocycles. The summed E-state index contributed by atoms with van der Waals surface area (Å²) in [7, 11) is 0. The Bertz CT molecular complexity index is 1110. The summed E-state index contributed by atoms with van der Waals surface area (Å²) in [4.78, 5) is 15.3.